The molecule has 2 rings (SSSR count). The van der Waals surface area contributed by atoms with E-state index in [1.165, 1.54) is 18.5 Å². The number of hydrogen-bond donors (Lipinski definition) is 2. The maximum Gasteiger partial charge on any atom is 0.309 e. The van der Waals surface area contributed by atoms with Crippen molar-refractivity contribution in [1.82, 2.24) is 9.97 Å². The fraction of sp³-hybridized carbons (Fsp3) is 0.333. The van der Waals surface area contributed by atoms with Gasteiger partial charge in [-0.1, -0.05) is 6.92 Å². The van der Waals surface area contributed by atoms with Gasteiger partial charge in [0.2, 0.25) is 0 Å². The molecule has 0 aliphatic rings. The molecule has 0 unspecified atom stereocenters. The molecule has 0 saturated heterocycles. The number of aromatic nitrogens is 2. The maximum absolute atomic E-state index is 12.1. The number of sulfonamides is 1. The van der Waals surface area contributed by atoms with Crippen molar-refractivity contribution in [1.29, 1.82) is 0 Å². The normalized spacial score (nSPS) is 11.3. The Morgan fingerprint density at radius 2 is 2.15 bits per heavy atom. The largest absolute Gasteiger partial charge is 0.431 e. The summed E-state index contributed by atoms with van der Waals surface area (Å²) in [4.78, 5) is 7.99. The van der Waals surface area contributed by atoms with Gasteiger partial charge in [0.25, 0.3) is 10.0 Å². The third-order valence-electron chi connectivity index (χ3n) is 2.44. The molecule has 0 aromatic carbocycles. The van der Waals surface area contributed by atoms with Crippen molar-refractivity contribution in [2.75, 3.05) is 16.6 Å². The molecule has 2 aromatic heterocycles. The summed E-state index contributed by atoms with van der Waals surface area (Å²) in [7, 11) is -3.73. The Labute approximate surface area is 117 Å². The first-order valence-electron chi connectivity index (χ1n) is 6.16. The van der Waals surface area contributed by atoms with Gasteiger partial charge in [-0.2, -0.15) is 4.98 Å². The minimum atomic E-state index is -3.73. The van der Waals surface area contributed by atoms with Crippen LogP contribution in [-0.2, 0) is 10.0 Å². The van der Waals surface area contributed by atoms with E-state index in [2.05, 4.69) is 20.0 Å². The summed E-state index contributed by atoms with van der Waals surface area (Å²) in [6, 6.07) is 3.03. The average molecular weight is 296 g/mol. The third kappa shape index (κ3) is 3.47. The maximum atomic E-state index is 12.1. The Morgan fingerprint density at radius 1 is 1.35 bits per heavy atom. The topological polar surface area (TPSA) is 97.1 Å². The van der Waals surface area contributed by atoms with Gasteiger partial charge in [0.05, 0.1) is 5.69 Å². The molecular weight excluding hydrogens is 280 g/mol. The van der Waals surface area contributed by atoms with Crippen LogP contribution < -0.4 is 10.0 Å². The molecule has 2 aromatic rings. The standard InChI is InChI=1S/C12H16N4O3S/c1-3-6-13-11-5-4-10(7-14-11)20(17,18)16-12-15-9(2)8-19-12/h4-5,7-8H,3,6H2,1-2H3,(H,13,14)(H,15,16). The lowest BCUT2D eigenvalue weighted by Crippen LogP contribution is -2.13. The molecule has 2 heterocycles. The van der Waals surface area contributed by atoms with Crippen LogP contribution in [0.2, 0.25) is 0 Å². The number of rotatable bonds is 6. The first-order chi connectivity index (χ1) is 9.51. The van der Waals surface area contributed by atoms with Gasteiger partial charge < -0.3 is 9.73 Å². The van der Waals surface area contributed by atoms with Crippen molar-refractivity contribution in [3.05, 3.63) is 30.3 Å². The first kappa shape index (κ1) is 14.3. The summed E-state index contributed by atoms with van der Waals surface area (Å²) < 4.78 is 31.3. The highest BCUT2D eigenvalue weighted by molar-refractivity contribution is 7.92. The van der Waals surface area contributed by atoms with Crippen molar-refractivity contribution in [2.24, 2.45) is 0 Å². The minimum absolute atomic E-state index is 0.0513. The number of nitrogens with zero attached hydrogens (tertiary/aromatic N) is 2. The summed E-state index contributed by atoms with van der Waals surface area (Å²) in [5.41, 5.74) is 0.597. The van der Waals surface area contributed by atoms with E-state index in [1.54, 1.807) is 13.0 Å². The fourth-order valence-electron chi connectivity index (χ4n) is 1.47. The second kappa shape index (κ2) is 5.91. The zero-order chi connectivity index (χ0) is 14.6. The Kier molecular flexibility index (Phi) is 4.23. The predicted octanol–water partition coefficient (Wildman–Crippen LogP) is 2.00. The molecule has 0 fully saturated rings. The molecule has 2 N–H and O–H groups in total. The highest BCUT2D eigenvalue weighted by Gasteiger charge is 2.17. The minimum Gasteiger partial charge on any atom is -0.431 e. The van der Waals surface area contributed by atoms with Crippen molar-refractivity contribution < 1.29 is 12.8 Å². The molecular formula is C12H16N4O3S. The Morgan fingerprint density at radius 3 is 2.70 bits per heavy atom. The van der Waals surface area contributed by atoms with Gasteiger partial charge in [-0.15, -0.1) is 0 Å². The highest BCUT2D eigenvalue weighted by atomic mass is 32.2. The van der Waals surface area contributed by atoms with Crippen LogP contribution in [0, 0.1) is 6.92 Å². The van der Waals surface area contributed by atoms with E-state index in [4.69, 9.17) is 4.42 Å². The Bertz CT molecular complexity index is 664. The van der Waals surface area contributed by atoms with E-state index in [0.29, 0.717) is 11.5 Å². The van der Waals surface area contributed by atoms with E-state index in [-0.39, 0.29) is 10.9 Å². The number of oxazole rings is 1. The molecule has 0 aliphatic heterocycles. The van der Waals surface area contributed by atoms with Gasteiger partial charge in [0.1, 0.15) is 17.0 Å². The van der Waals surface area contributed by atoms with Crippen LogP contribution >= 0.6 is 0 Å². The van der Waals surface area contributed by atoms with Crippen molar-refractivity contribution in [2.45, 2.75) is 25.2 Å². The molecule has 0 aliphatic carbocycles. The van der Waals surface area contributed by atoms with E-state index in [0.717, 1.165) is 13.0 Å². The van der Waals surface area contributed by atoms with Crippen molar-refractivity contribution >= 4 is 21.9 Å². The van der Waals surface area contributed by atoms with Crippen LogP contribution in [0.4, 0.5) is 11.8 Å². The summed E-state index contributed by atoms with van der Waals surface area (Å²) in [5.74, 6) is 0.637. The number of aryl methyl sites for hydroxylation is 1. The lowest BCUT2D eigenvalue weighted by Gasteiger charge is -2.06. The second-order valence-corrected chi connectivity index (χ2v) is 5.89. The fourth-order valence-corrected chi connectivity index (χ4v) is 2.35. The molecule has 8 heteroatoms. The number of pyridine rings is 1. The van der Waals surface area contributed by atoms with Crippen LogP contribution in [0.25, 0.3) is 0 Å². The highest BCUT2D eigenvalue weighted by Crippen LogP contribution is 2.16. The molecule has 0 atom stereocenters. The van der Waals surface area contributed by atoms with Crippen molar-refractivity contribution in [3.63, 3.8) is 0 Å². The molecule has 0 amide bonds. The molecule has 0 bridgehead atoms. The van der Waals surface area contributed by atoms with E-state index in [1.807, 2.05) is 6.92 Å². The van der Waals surface area contributed by atoms with Gasteiger partial charge >= 0.3 is 6.01 Å². The van der Waals surface area contributed by atoms with E-state index in [9.17, 15) is 8.42 Å². The molecule has 0 saturated carbocycles. The van der Waals surface area contributed by atoms with Gasteiger partial charge in [-0.3, -0.25) is 0 Å². The second-order valence-electron chi connectivity index (χ2n) is 4.21. The molecule has 108 valence electrons. The predicted molar refractivity (Wildman–Crippen MR) is 75.1 cm³/mol. The Balaban J connectivity index is 2.13. The average Bonchev–Trinajstić information content (AvgIpc) is 2.81. The smallest absolute Gasteiger partial charge is 0.309 e. The molecule has 20 heavy (non-hydrogen) atoms. The lowest BCUT2D eigenvalue weighted by molar-refractivity contribution is 0.569. The van der Waals surface area contributed by atoms with Crippen molar-refractivity contribution in [3.8, 4) is 0 Å². The monoisotopic (exact) mass is 296 g/mol. The summed E-state index contributed by atoms with van der Waals surface area (Å²) in [6.07, 6.45) is 3.62. The van der Waals surface area contributed by atoms with Gasteiger partial charge in [-0.05, 0) is 25.5 Å². The zero-order valence-corrected chi connectivity index (χ0v) is 12.1. The number of nitrogens with one attached hydrogen (secondary N) is 2. The van der Waals surface area contributed by atoms with Gasteiger partial charge in [0.15, 0.2) is 0 Å². The number of anilines is 2. The summed E-state index contributed by atoms with van der Waals surface area (Å²) in [5, 5.41) is 3.07. The molecule has 7 nitrogen and oxygen atoms in total. The van der Waals surface area contributed by atoms with Crippen LogP contribution in [0.15, 0.2) is 33.9 Å². The van der Waals surface area contributed by atoms with Crippen LogP contribution in [0.5, 0.6) is 0 Å². The first-order valence-corrected chi connectivity index (χ1v) is 7.64. The van der Waals surface area contributed by atoms with Crippen LogP contribution in [0.1, 0.15) is 19.0 Å². The van der Waals surface area contributed by atoms with Crippen LogP contribution in [0.3, 0.4) is 0 Å². The quantitative estimate of drug-likeness (QED) is 0.846. The number of hydrogen-bond acceptors (Lipinski definition) is 6. The third-order valence-corrected chi connectivity index (χ3v) is 3.75. The van der Waals surface area contributed by atoms with Gasteiger partial charge in [-0.25, -0.2) is 18.1 Å². The zero-order valence-electron chi connectivity index (χ0n) is 11.3. The molecule has 0 spiro atoms. The SMILES string of the molecule is CCCNc1ccc(S(=O)(=O)Nc2nc(C)co2)cn1. The summed E-state index contributed by atoms with van der Waals surface area (Å²) in [6.45, 7) is 4.53. The van der Waals surface area contributed by atoms with Crippen LogP contribution in [-0.4, -0.2) is 24.9 Å². The molecule has 0 radical (unpaired) electrons. The lowest BCUT2D eigenvalue weighted by atomic mass is 10.4. The van der Waals surface area contributed by atoms with E-state index < -0.39 is 10.0 Å². The van der Waals surface area contributed by atoms with E-state index >= 15 is 0 Å². The van der Waals surface area contributed by atoms with Gasteiger partial charge in [0, 0.05) is 12.7 Å². The Hall–Kier alpha value is -2.09. The summed E-state index contributed by atoms with van der Waals surface area (Å²) >= 11 is 0.